The summed E-state index contributed by atoms with van der Waals surface area (Å²) in [5, 5.41) is 13.6. The lowest BCUT2D eigenvalue weighted by Crippen LogP contribution is -2.39. The van der Waals surface area contributed by atoms with Crippen molar-refractivity contribution in [2.45, 2.75) is 31.7 Å². The summed E-state index contributed by atoms with van der Waals surface area (Å²) in [6.07, 6.45) is 5.61. The van der Waals surface area contributed by atoms with Crippen molar-refractivity contribution in [3.63, 3.8) is 0 Å². The maximum atomic E-state index is 12.5. The van der Waals surface area contributed by atoms with Gasteiger partial charge in [-0.05, 0) is 30.5 Å². The van der Waals surface area contributed by atoms with Crippen molar-refractivity contribution in [3.8, 4) is 0 Å². The SMILES string of the molecule is O=C(O)c1ccc(C2CCCN(C(=O)CCn3cc(Cl)cn3)C2)cc1. The molecule has 0 spiro atoms. The standard InChI is InChI=1S/C18H20ClN3O3/c19-16-10-20-22(12-16)9-7-17(23)21-8-1-2-15(11-21)13-3-5-14(6-4-13)18(24)25/h3-6,10,12,15H,1-2,7-9,11H2,(H,24,25). The summed E-state index contributed by atoms with van der Waals surface area (Å²) >= 11 is 5.83. The second kappa shape index (κ2) is 7.70. The van der Waals surface area contributed by atoms with Crippen LogP contribution in [0.2, 0.25) is 5.02 Å². The van der Waals surface area contributed by atoms with Crippen LogP contribution in [0.25, 0.3) is 0 Å². The number of amides is 1. The van der Waals surface area contributed by atoms with E-state index in [1.165, 1.54) is 0 Å². The molecule has 1 aromatic heterocycles. The number of piperidine rings is 1. The number of carbonyl (C=O) groups excluding carboxylic acids is 1. The van der Waals surface area contributed by atoms with Gasteiger partial charge in [-0.3, -0.25) is 9.48 Å². The Morgan fingerprint density at radius 1 is 1.28 bits per heavy atom. The highest BCUT2D eigenvalue weighted by molar-refractivity contribution is 6.30. The molecule has 6 nitrogen and oxygen atoms in total. The van der Waals surface area contributed by atoms with Gasteiger partial charge in [0, 0.05) is 38.2 Å². The van der Waals surface area contributed by atoms with Gasteiger partial charge >= 0.3 is 5.97 Å². The first-order valence-electron chi connectivity index (χ1n) is 8.32. The zero-order chi connectivity index (χ0) is 17.8. The molecule has 1 atom stereocenters. The molecule has 0 radical (unpaired) electrons. The van der Waals surface area contributed by atoms with Gasteiger partial charge in [0.2, 0.25) is 5.91 Å². The molecule has 7 heteroatoms. The number of likely N-dealkylation sites (tertiary alicyclic amines) is 1. The smallest absolute Gasteiger partial charge is 0.335 e. The summed E-state index contributed by atoms with van der Waals surface area (Å²) in [6.45, 7) is 1.95. The van der Waals surface area contributed by atoms with E-state index in [-0.39, 0.29) is 17.4 Å². The van der Waals surface area contributed by atoms with Crippen LogP contribution in [0.3, 0.4) is 0 Å². The summed E-state index contributed by atoms with van der Waals surface area (Å²) in [5.74, 6) is -0.566. The van der Waals surface area contributed by atoms with E-state index in [1.54, 1.807) is 29.2 Å². The van der Waals surface area contributed by atoms with E-state index in [4.69, 9.17) is 16.7 Å². The van der Waals surface area contributed by atoms with E-state index in [9.17, 15) is 9.59 Å². The van der Waals surface area contributed by atoms with Gasteiger partial charge in [-0.1, -0.05) is 23.7 Å². The minimum atomic E-state index is -0.925. The summed E-state index contributed by atoms with van der Waals surface area (Å²) in [5.41, 5.74) is 1.37. The molecular weight excluding hydrogens is 342 g/mol. The second-order valence-corrected chi connectivity index (χ2v) is 6.71. The van der Waals surface area contributed by atoms with Gasteiger partial charge in [-0.2, -0.15) is 5.10 Å². The van der Waals surface area contributed by atoms with Crippen molar-refractivity contribution >= 4 is 23.5 Å². The van der Waals surface area contributed by atoms with Crippen LogP contribution in [0.5, 0.6) is 0 Å². The molecule has 1 saturated heterocycles. The number of hydrogen-bond acceptors (Lipinski definition) is 3. The van der Waals surface area contributed by atoms with Gasteiger partial charge in [-0.25, -0.2) is 4.79 Å². The van der Waals surface area contributed by atoms with Crippen molar-refractivity contribution in [2.24, 2.45) is 0 Å². The van der Waals surface area contributed by atoms with Gasteiger partial charge in [0.1, 0.15) is 0 Å². The zero-order valence-corrected chi connectivity index (χ0v) is 14.5. The van der Waals surface area contributed by atoms with Gasteiger partial charge in [-0.15, -0.1) is 0 Å². The Hall–Kier alpha value is -2.34. The van der Waals surface area contributed by atoms with Crippen molar-refractivity contribution in [2.75, 3.05) is 13.1 Å². The fourth-order valence-corrected chi connectivity index (χ4v) is 3.36. The molecule has 0 bridgehead atoms. The molecule has 1 aliphatic rings. The van der Waals surface area contributed by atoms with Crippen LogP contribution >= 0.6 is 11.6 Å². The first-order chi connectivity index (χ1) is 12.0. The number of benzene rings is 1. The molecule has 1 N–H and O–H groups in total. The van der Waals surface area contributed by atoms with Crippen molar-refractivity contribution in [1.29, 1.82) is 0 Å². The summed E-state index contributed by atoms with van der Waals surface area (Å²) < 4.78 is 1.67. The number of nitrogens with zero attached hydrogens (tertiary/aromatic N) is 3. The Bertz CT molecular complexity index is 757. The topological polar surface area (TPSA) is 75.4 Å². The summed E-state index contributed by atoms with van der Waals surface area (Å²) in [4.78, 5) is 25.3. The number of halogens is 1. The number of carboxylic acid groups (broad SMARTS) is 1. The first-order valence-corrected chi connectivity index (χ1v) is 8.69. The highest BCUT2D eigenvalue weighted by Gasteiger charge is 2.24. The van der Waals surface area contributed by atoms with Crippen LogP contribution < -0.4 is 0 Å². The monoisotopic (exact) mass is 361 g/mol. The number of carboxylic acids is 1. The van der Waals surface area contributed by atoms with E-state index in [0.29, 0.717) is 24.5 Å². The number of rotatable bonds is 5. The molecule has 3 rings (SSSR count). The number of aromatic carboxylic acids is 1. The number of carbonyl (C=O) groups is 2. The minimum Gasteiger partial charge on any atom is -0.478 e. The van der Waals surface area contributed by atoms with Crippen LogP contribution in [0, 0.1) is 0 Å². The third-order valence-electron chi connectivity index (χ3n) is 4.56. The maximum Gasteiger partial charge on any atom is 0.335 e. The van der Waals surface area contributed by atoms with E-state index in [1.807, 2.05) is 17.0 Å². The molecule has 132 valence electrons. The lowest BCUT2D eigenvalue weighted by atomic mass is 9.90. The molecule has 1 aromatic carbocycles. The number of aromatic nitrogens is 2. The van der Waals surface area contributed by atoms with E-state index < -0.39 is 5.97 Å². The molecule has 1 amide bonds. The van der Waals surface area contributed by atoms with Crippen LogP contribution in [0.4, 0.5) is 0 Å². The Morgan fingerprint density at radius 2 is 2.04 bits per heavy atom. The Kier molecular flexibility index (Phi) is 5.38. The second-order valence-electron chi connectivity index (χ2n) is 6.28. The Morgan fingerprint density at radius 3 is 2.68 bits per heavy atom. The molecule has 2 heterocycles. The fraction of sp³-hybridized carbons (Fsp3) is 0.389. The molecule has 1 unspecified atom stereocenters. The Labute approximate surface area is 151 Å². The van der Waals surface area contributed by atoms with E-state index >= 15 is 0 Å². The normalized spacial score (nSPS) is 17.5. The van der Waals surface area contributed by atoms with Crippen LogP contribution in [-0.2, 0) is 11.3 Å². The highest BCUT2D eigenvalue weighted by Crippen LogP contribution is 2.27. The van der Waals surface area contributed by atoms with Gasteiger partial charge in [0.15, 0.2) is 0 Å². The highest BCUT2D eigenvalue weighted by atomic mass is 35.5. The van der Waals surface area contributed by atoms with Crippen LogP contribution in [0.1, 0.15) is 41.1 Å². The average Bonchev–Trinajstić information content (AvgIpc) is 3.05. The molecule has 1 fully saturated rings. The zero-order valence-electron chi connectivity index (χ0n) is 13.8. The van der Waals surface area contributed by atoms with Gasteiger partial charge in [0.25, 0.3) is 0 Å². The molecule has 0 aliphatic carbocycles. The van der Waals surface area contributed by atoms with Gasteiger partial charge < -0.3 is 10.0 Å². The summed E-state index contributed by atoms with van der Waals surface area (Å²) in [6, 6.07) is 6.96. The van der Waals surface area contributed by atoms with Crippen LogP contribution in [-0.4, -0.2) is 44.8 Å². The molecule has 1 aliphatic heterocycles. The van der Waals surface area contributed by atoms with Crippen molar-refractivity contribution in [1.82, 2.24) is 14.7 Å². The van der Waals surface area contributed by atoms with Crippen molar-refractivity contribution < 1.29 is 14.7 Å². The lowest BCUT2D eigenvalue weighted by molar-refractivity contribution is -0.132. The fourth-order valence-electron chi connectivity index (χ4n) is 3.20. The van der Waals surface area contributed by atoms with E-state index in [0.717, 1.165) is 24.9 Å². The Balaban J connectivity index is 1.58. The van der Waals surface area contributed by atoms with Crippen molar-refractivity contribution in [3.05, 3.63) is 52.8 Å². The summed E-state index contributed by atoms with van der Waals surface area (Å²) in [7, 11) is 0. The largest absolute Gasteiger partial charge is 0.478 e. The lowest BCUT2D eigenvalue weighted by Gasteiger charge is -2.33. The predicted molar refractivity (Wildman–Crippen MR) is 93.8 cm³/mol. The number of aryl methyl sites for hydroxylation is 1. The third-order valence-corrected chi connectivity index (χ3v) is 4.75. The molecule has 2 aromatic rings. The molecule has 0 saturated carbocycles. The first kappa shape index (κ1) is 17.5. The number of hydrogen-bond donors (Lipinski definition) is 1. The predicted octanol–water partition coefficient (Wildman–Crippen LogP) is 3.03. The molecular formula is C18H20ClN3O3. The molecule has 25 heavy (non-hydrogen) atoms. The van der Waals surface area contributed by atoms with Crippen LogP contribution in [0.15, 0.2) is 36.7 Å². The average molecular weight is 362 g/mol. The quantitative estimate of drug-likeness (QED) is 0.888. The minimum absolute atomic E-state index is 0.110. The third kappa shape index (κ3) is 4.39. The van der Waals surface area contributed by atoms with E-state index in [2.05, 4.69) is 5.10 Å². The maximum absolute atomic E-state index is 12.5. The van der Waals surface area contributed by atoms with Gasteiger partial charge in [0.05, 0.1) is 16.8 Å².